The SMILES string of the molecule is O=C1NCCN(Cc2nnnn2CC(F)(F)F)C1Cc1nc2ccccc2o1. The molecule has 1 atom stereocenters. The van der Waals surface area contributed by atoms with Gasteiger partial charge in [-0.1, -0.05) is 12.1 Å². The van der Waals surface area contributed by atoms with Gasteiger partial charge in [-0.15, -0.1) is 5.10 Å². The summed E-state index contributed by atoms with van der Waals surface area (Å²) >= 11 is 0. The Labute approximate surface area is 156 Å². The Bertz CT molecular complexity index is 951. The molecule has 1 N–H and O–H groups in total. The van der Waals surface area contributed by atoms with Crippen LogP contribution in [0.3, 0.4) is 0 Å². The number of oxazole rings is 1. The number of hydrogen-bond donors (Lipinski definition) is 1. The highest BCUT2D eigenvalue weighted by molar-refractivity contribution is 5.82. The van der Waals surface area contributed by atoms with Crippen LogP contribution in [0.4, 0.5) is 13.2 Å². The van der Waals surface area contributed by atoms with Crippen LogP contribution in [0.2, 0.25) is 0 Å². The van der Waals surface area contributed by atoms with E-state index in [1.165, 1.54) is 0 Å². The van der Waals surface area contributed by atoms with Crippen LogP contribution >= 0.6 is 0 Å². The summed E-state index contributed by atoms with van der Waals surface area (Å²) in [5, 5.41) is 13.2. The second kappa shape index (κ2) is 7.19. The molecule has 12 heteroatoms. The number of fused-ring (bicyclic) bond motifs is 1. The molecule has 0 radical (unpaired) electrons. The molecule has 1 saturated heterocycles. The molecular formula is C16H16F3N7O2. The zero-order chi connectivity index (χ0) is 19.7. The van der Waals surface area contributed by atoms with Gasteiger partial charge in [0.1, 0.15) is 12.1 Å². The summed E-state index contributed by atoms with van der Waals surface area (Å²) in [6, 6.07) is 6.56. The Morgan fingerprint density at radius 1 is 1.29 bits per heavy atom. The summed E-state index contributed by atoms with van der Waals surface area (Å²) < 4.78 is 44.4. The molecule has 148 valence electrons. The van der Waals surface area contributed by atoms with E-state index in [1.807, 2.05) is 12.1 Å². The lowest BCUT2D eigenvalue weighted by molar-refractivity contribution is -0.143. The summed E-state index contributed by atoms with van der Waals surface area (Å²) in [7, 11) is 0. The van der Waals surface area contributed by atoms with Crippen LogP contribution in [-0.2, 0) is 24.3 Å². The van der Waals surface area contributed by atoms with Crippen LogP contribution in [0.5, 0.6) is 0 Å². The van der Waals surface area contributed by atoms with Crippen LogP contribution in [0.15, 0.2) is 28.7 Å². The first-order valence-corrected chi connectivity index (χ1v) is 8.57. The first-order valence-electron chi connectivity index (χ1n) is 8.57. The molecule has 1 amide bonds. The van der Waals surface area contributed by atoms with Crippen LogP contribution in [0, 0.1) is 0 Å². The molecule has 3 heterocycles. The number of aromatic nitrogens is 5. The average molecular weight is 395 g/mol. The van der Waals surface area contributed by atoms with E-state index in [0.29, 0.717) is 34.8 Å². The van der Waals surface area contributed by atoms with Gasteiger partial charge in [-0.25, -0.2) is 9.67 Å². The van der Waals surface area contributed by atoms with E-state index in [0.717, 1.165) is 0 Å². The molecule has 4 rings (SSSR count). The number of nitrogens with one attached hydrogen (secondary N) is 1. The van der Waals surface area contributed by atoms with Gasteiger partial charge in [0.2, 0.25) is 5.91 Å². The first kappa shape index (κ1) is 18.3. The summed E-state index contributed by atoms with van der Waals surface area (Å²) in [6.07, 6.45) is -4.26. The van der Waals surface area contributed by atoms with Crippen molar-refractivity contribution in [3.8, 4) is 0 Å². The lowest BCUT2D eigenvalue weighted by atomic mass is 10.1. The monoisotopic (exact) mass is 395 g/mol. The second-order valence-corrected chi connectivity index (χ2v) is 6.42. The molecule has 1 fully saturated rings. The van der Waals surface area contributed by atoms with Crippen LogP contribution in [0.25, 0.3) is 11.1 Å². The van der Waals surface area contributed by atoms with Crippen molar-refractivity contribution in [2.24, 2.45) is 0 Å². The van der Waals surface area contributed by atoms with Gasteiger partial charge in [0, 0.05) is 19.5 Å². The zero-order valence-corrected chi connectivity index (χ0v) is 14.6. The number of halogens is 3. The fraction of sp³-hybridized carbons (Fsp3) is 0.438. The number of nitrogens with zero attached hydrogens (tertiary/aromatic N) is 6. The molecular weight excluding hydrogens is 379 g/mol. The molecule has 0 saturated carbocycles. The maximum atomic E-state index is 12.7. The number of amides is 1. The molecule has 1 aliphatic heterocycles. The summed E-state index contributed by atoms with van der Waals surface area (Å²) in [5.74, 6) is 0.168. The Morgan fingerprint density at radius 3 is 2.89 bits per heavy atom. The minimum absolute atomic E-state index is 0.00138. The third-order valence-corrected chi connectivity index (χ3v) is 4.43. The number of tetrazole rings is 1. The number of piperazine rings is 1. The van der Waals surface area contributed by atoms with Gasteiger partial charge in [0.05, 0.1) is 12.6 Å². The van der Waals surface area contributed by atoms with E-state index in [4.69, 9.17) is 4.42 Å². The Balaban J connectivity index is 1.54. The fourth-order valence-electron chi connectivity index (χ4n) is 3.16. The topological polar surface area (TPSA) is 102 Å². The highest BCUT2D eigenvalue weighted by Gasteiger charge is 2.34. The number of benzene rings is 1. The van der Waals surface area contributed by atoms with Crippen molar-refractivity contribution in [2.75, 3.05) is 13.1 Å². The van der Waals surface area contributed by atoms with E-state index < -0.39 is 18.8 Å². The van der Waals surface area contributed by atoms with Crippen LogP contribution in [-0.4, -0.2) is 61.3 Å². The molecule has 9 nitrogen and oxygen atoms in total. The molecule has 28 heavy (non-hydrogen) atoms. The van der Waals surface area contributed by atoms with Crippen molar-refractivity contribution in [1.82, 2.24) is 35.4 Å². The van der Waals surface area contributed by atoms with Crippen LogP contribution < -0.4 is 5.32 Å². The third-order valence-electron chi connectivity index (χ3n) is 4.43. The van der Waals surface area contributed by atoms with Gasteiger partial charge in [-0.05, 0) is 22.6 Å². The highest BCUT2D eigenvalue weighted by atomic mass is 19.4. The highest BCUT2D eigenvalue weighted by Crippen LogP contribution is 2.21. The molecule has 1 unspecified atom stereocenters. The van der Waals surface area contributed by atoms with E-state index in [9.17, 15) is 18.0 Å². The molecule has 1 aromatic carbocycles. The molecule has 1 aliphatic rings. The van der Waals surface area contributed by atoms with Crippen molar-refractivity contribution in [2.45, 2.75) is 31.7 Å². The number of para-hydroxylation sites is 2. The maximum Gasteiger partial charge on any atom is 0.408 e. The standard InChI is InChI=1S/C16H16F3N7O2/c17-16(18,19)9-26-13(22-23-24-26)8-25-6-5-20-15(27)11(25)7-14-21-10-3-1-2-4-12(10)28-14/h1-4,11H,5-9H2,(H,20,27). The van der Waals surface area contributed by atoms with Crippen molar-refractivity contribution in [3.63, 3.8) is 0 Å². The number of hydrogen-bond acceptors (Lipinski definition) is 7. The largest absolute Gasteiger partial charge is 0.441 e. The number of carbonyl (C=O) groups excluding carboxylic acids is 1. The molecule has 2 aromatic heterocycles. The van der Waals surface area contributed by atoms with E-state index in [1.54, 1.807) is 17.0 Å². The Hall–Kier alpha value is -3.02. The minimum Gasteiger partial charge on any atom is -0.441 e. The number of alkyl halides is 3. The lowest BCUT2D eigenvalue weighted by Gasteiger charge is -2.33. The van der Waals surface area contributed by atoms with Crippen molar-refractivity contribution in [3.05, 3.63) is 36.0 Å². The maximum absolute atomic E-state index is 12.7. The predicted molar refractivity (Wildman–Crippen MR) is 88.8 cm³/mol. The third kappa shape index (κ3) is 3.96. The average Bonchev–Trinajstić information content (AvgIpc) is 3.23. The van der Waals surface area contributed by atoms with E-state index in [2.05, 4.69) is 25.8 Å². The van der Waals surface area contributed by atoms with E-state index in [-0.39, 0.29) is 24.7 Å². The number of rotatable bonds is 5. The van der Waals surface area contributed by atoms with Crippen molar-refractivity contribution >= 4 is 17.0 Å². The lowest BCUT2D eigenvalue weighted by Crippen LogP contribution is -2.55. The summed E-state index contributed by atoms with van der Waals surface area (Å²) in [5.41, 5.74) is 1.28. The quantitative estimate of drug-likeness (QED) is 0.685. The van der Waals surface area contributed by atoms with Gasteiger partial charge in [-0.2, -0.15) is 13.2 Å². The minimum atomic E-state index is -4.44. The van der Waals surface area contributed by atoms with E-state index >= 15 is 0 Å². The Kier molecular flexibility index (Phi) is 4.71. The number of carbonyl (C=O) groups is 1. The van der Waals surface area contributed by atoms with Gasteiger partial charge in [-0.3, -0.25) is 9.69 Å². The second-order valence-electron chi connectivity index (χ2n) is 6.42. The predicted octanol–water partition coefficient (Wildman–Crippen LogP) is 0.920. The van der Waals surface area contributed by atoms with Crippen LogP contribution in [0.1, 0.15) is 11.7 Å². The van der Waals surface area contributed by atoms with Gasteiger partial charge in [0.25, 0.3) is 0 Å². The molecule has 0 aliphatic carbocycles. The summed E-state index contributed by atoms with van der Waals surface area (Å²) in [6.45, 7) is -0.466. The van der Waals surface area contributed by atoms with Gasteiger partial charge >= 0.3 is 6.18 Å². The normalized spacial score (nSPS) is 18.5. The smallest absolute Gasteiger partial charge is 0.408 e. The van der Waals surface area contributed by atoms with Gasteiger partial charge in [0.15, 0.2) is 17.3 Å². The zero-order valence-electron chi connectivity index (χ0n) is 14.6. The van der Waals surface area contributed by atoms with Gasteiger partial charge < -0.3 is 9.73 Å². The Morgan fingerprint density at radius 2 is 2.11 bits per heavy atom. The molecule has 0 bridgehead atoms. The molecule has 0 spiro atoms. The fourth-order valence-corrected chi connectivity index (χ4v) is 3.16. The van der Waals surface area contributed by atoms with Crippen molar-refractivity contribution in [1.29, 1.82) is 0 Å². The molecule has 3 aromatic rings. The first-order chi connectivity index (χ1) is 13.4. The van der Waals surface area contributed by atoms with Crippen molar-refractivity contribution < 1.29 is 22.4 Å². The summed E-state index contributed by atoms with van der Waals surface area (Å²) in [4.78, 5) is 18.5.